The molecule has 0 amide bonds. The number of hydrogen-bond donors (Lipinski definition) is 1. The summed E-state index contributed by atoms with van der Waals surface area (Å²) in [4.78, 5) is 12.4. The van der Waals surface area contributed by atoms with Crippen molar-refractivity contribution in [1.82, 2.24) is 0 Å². The second kappa shape index (κ2) is 16.9. The predicted octanol–water partition coefficient (Wildman–Crippen LogP) is 4.86. The Morgan fingerprint density at radius 2 is 1.55 bits per heavy atom. The number of rotatable bonds is 18. The first-order chi connectivity index (χ1) is 14.7. The van der Waals surface area contributed by atoms with Crippen LogP contribution in [0, 0.1) is 23.7 Å². The molecule has 7 unspecified atom stereocenters. The van der Waals surface area contributed by atoms with Crippen molar-refractivity contribution < 1.29 is 28.8 Å². The molecule has 0 saturated carbocycles. The normalized spacial score (nSPS) is 18.8. The molecule has 0 aliphatic carbocycles. The Morgan fingerprint density at radius 3 is 2.00 bits per heavy atom. The lowest BCUT2D eigenvalue weighted by molar-refractivity contribution is -0.160. The van der Waals surface area contributed by atoms with Gasteiger partial charge in [-0.25, -0.2) is 0 Å². The van der Waals surface area contributed by atoms with Crippen LogP contribution in [0.15, 0.2) is 0 Å². The van der Waals surface area contributed by atoms with Gasteiger partial charge in [0.05, 0.1) is 24.2 Å². The van der Waals surface area contributed by atoms with Crippen LogP contribution >= 0.6 is 0 Å². The van der Waals surface area contributed by atoms with E-state index in [1.807, 2.05) is 27.7 Å². The predicted molar refractivity (Wildman–Crippen MR) is 125 cm³/mol. The fourth-order valence-corrected chi connectivity index (χ4v) is 4.07. The van der Waals surface area contributed by atoms with E-state index in [0.29, 0.717) is 5.92 Å². The topological polar surface area (TPSA) is 74.2 Å². The maximum absolute atomic E-state index is 12.4. The van der Waals surface area contributed by atoms with Crippen LogP contribution in [0.3, 0.4) is 0 Å². The number of aliphatic hydroxyl groups excluding tert-OH is 1. The summed E-state index contributed by atoms with van der Waals surface area (Å²) < 4.78 is 23.4. The Bertz CT molecular complexity index is 455. The third-order valence-electron chi connectivity index (χ3n) is 6.32. The average molecular weight is 447 g/mol. The summed E-state index contributed by atoms with van der Waals surface area (Å²) in [5.41, 5.74) is 0. The van der Waals surface area contributed by atoms with Gasteiger partial charge < -0.3 is 24.1 Å². The number of aliphatic hydroxyl groups is 1. The lowest BCUT2D eigenvalue weighted by Gasteiger charge is -2.34. The smallest absolute Gasteiger partial charge is 0.308 e. The Hall–Kier alpha value is -0.690. The maximum atomic E-state index is 12.4. The Balaban J connectivity index is 5.21. The number of methoxy groups -OCH3 is 2. The minimum absolute atomic E-state index is 0.0284. The maximum Gasteiger partial charge on any atom is 0.308 e. The molecule has 0 aromatic carbocycles. The largest absolute Gasteiger partial charge is 0.462 e. The van der Waals surface area contributed by atoms with Crippen molar-refractivity contribution in [2.45, 2.75) is 105 Å². The minimum Gasteiger partial charge on any atom is -0.462 e. The highest BCUT2D eigenvalue weighted by Gasteiger charge is 2.33. The van der Waals surface area contributed by atoms with Crippen LogP contribution in [0.5, 0.6) is 0 Å². The summed E-state index contributed by atoms with van der Waals surface area (Å²) in [7, 11) is 3.41. The van der Waals surface area contributed by atoms with Gasteiger partial charge in [-0.2, -0.15) is 0 Å². The molecule has 7 atom stereocenters. The number of carbonyl (C=O) groups is 1. The van der Waals surface area contributed by atoms with Crippen LogP contribution in [0.25, 0.3) is 0 Å². The van der Waals surface area contributed by atoms with Crippen molar-refractivity contribution in [2.75, 3.05) is 27.4 Å². The van der Waals surface area contributed by atoms with E-state index in [1.165, 1.54) is 0 Å². The van der Waals surface area contributed by atoms with Gasteiger partial charge in [0.1, 0.15) is 6.10 Å². The first-order valence-electron chi connectivity index (χ1n) is 12.1. The van der Waals surface area contributed by atoms with Crippen LogP contribution in [-0.2, 0) is 23.7 Å². The van der Waals surface area contributed by atoms with Crippen molar-refractivity contribution in [3.8, 4) is 0 Å². The number of hydrogen-bond acceptors (Lipinski definition) is 6. The van der Waals surface area contributed by atoms with E-state index in [9.17, 15) is 9.90 Å². The summed E-state index contributed by atoms with van der Waals surface area (Å²) >= 11 is 0. The molecule has 0 bridgehead atoms. The van der Waals surface area contributed by atoms with Gasteiger partial charge in [0.25, 0.3) is 0 Å². The molecule has 6 heteroatoms. The summed E-state index contributed by atoms with van der Waals surface area (Å²) in [6.07, 6.45) is 4.27. The summed E-state index contributed by atoms with van der Waals surface area (Å²) in [6.45, 7) is 15.0. The van der Waals surface area contributed by atoms with Gasteiger partial charge in [-0.05, 0) is 38.0 Å². The zero-order chi connectivity index (χ0) is 24.0. The Kier molecular flexibility index (Phi) is 16.5. The van der Waals surface area contributed by atoms with Crippen molar-refractivity contribution in [1.29, 1.82) is 0 Å². The van der Waals surface area contributed by atoms with Crippen LogP contribution in [0.1, 0.15) is 80.6 Å². The molecule has 186 valence electrons. The molecule has 0 fully saturated rings. The first kappa shape index (κ1) is 30.3. The molecule has 0 aliphatic heterocycles. The third kappa shape index (κ3) is 11.1. The SMILES string of the molecule is CCCOC(CC)CC(OC)C(C)CCC(OC(=O)C(C)C)C(C)C(OC)C(C)CO. The van der Waals surface area contributed by atoms with Gasteiger partial charge in [-0.3, -0.25) is 4.79 Å². The average Bonchev–Trinajstić information content (AvgIpc) is 2.76. The highest BCUT2D eigenvalue weighted by atomic mass is 16.5. The molecule has 0 aliphatic rings. The molecule has 0 heterocycles. The van der Waals surface area contributed by atoms with Gasteiger partial charge in [0, 0.05) is 39.3 Å². The van der Waals surface area contributed by atoms with Crippen LogP contribution in [-0.4, -0.2) is 62.9 Å². The second-order valence-electron chi connectivity index (χ2n) is 9.31. The van der Waals surface area contributed by atoms with E-state index in [0.717, 1.165) is 38.7 Å². The molecule has 6 nitrogen and oxygen atoms in total. The summed E-state index contributed by atoms with van der Waals surface area (Å²) in [5.74, 6) is -0.146. The molecule has 1 N–H and O–H groups in total. The molecule has 0 radical (unpaired) electrons. The summed E-state index contributed by atoms with van der Waals surface area (Å²) in [6, 6.07) is 0. The first-order valence-corrected chi connectivity index (χ1v) is 12.1. The Labute approximate surface area is 191 Å². The molecule has 0 aromatic heterocycles. The van der Waals surface area contributed by atoms with E-state index in [4.69, 9.17) is 18.9 Å². The monoisotopic (exact) mass is 446 g/mol. The lowest BCUT2D eigenvalue weighted by Crippen LogP contribution is -2.40. The van der Waals surface area contributed by atoms with Gasteiger partial charge in [0.15, 0.2) is 0 Å². The minimum atomic E-state index is -0.271. The highest BCUT2D eigenvalue weighted by molar-refractivity contribution is 5.71. The fraction of sp³-hybridized carbons (Fsp3) is 0.960. The van der Waals surface area contributed by atoms with Crippen molar-refractivity contribution in [3.05, 3.63) is 0 Å². The lowest BCUT2D eigenvalue weighted by atomic mass is 9.85. The van der Waals surface area contributed by atoms with E-state index in [1.54, 1.807) is 14.2 Å². The quantitative estimate of drug-likeness (QED) is 0.303. The van der Waals surface area contributed by atoms with Crippen LogP contribution in [0.4, 0.5) is 0 Å². The molecule has 0 aromatic rings. The molecule has 31 heavy (non-hydrogen) atoms. The molecular weight excluding hydrogens is 396 g/mol. The van der Waals surface area contributed by atoms with E-state index >= 15 is 0 Å². The van der Waals surface area contributed by atoms with E-state index < -0.39 is 0 Å². The third-order valence-corrected chi connectivity index (χ3v) is 6.32. The zero-order valence-electron chi connectivity index (χ0n) is 21.6. The zero-order valence-corrected chi connectivity index (χ0v) is 21.6. The van der Waals surface area contributed by atoms with Gasteiger partial charge in [0.2, 0.25) is 0 Å². The second-order valence-corrected chi connectivity index (χ2v) is 9.31. The standard InChI is InChI=1S/C25H50O6/c1-10-14-30-21(11-2)15-23(28-8)18(5)12-13-22(31-25(27)17(3)4)20(7)24(29-9)19(6)16-26/h17-24,26H,10-16H2,1-9H3. The van der Waals surface area contributed by atoms with Crippen molar-refractivity contribution in [2.24, 2.45) is 23.7 Å². The highest BCUT2D eigenvalue weighted by Crippen LogP contribution is 2.28. The van der Waals surface area contributed by atoms with E-state index in [-0.39, 0.29) is 54.7 Å². The van der Waals surface area contributed by atoms with Crippen molar-refractivity contribution >= 4 is 5.97 Å². The van der Waals surface area contributed by atoms with Gasteiger partial charge in [-0.1, -0.05) is 48.5 Å². The van der Waals surface area contributed by atoms with Crippen molar-refractivity contribution in [3.63, 3.8) is 0 Å². The summed E-state index contributed by atoms with van der Waals surface area (Å²) in [5, 5.41) is 9.61. The number of esters is 1. The van der Waals surface area contributed by atoms with Gasteiger partial charge in [-0.15, -0.1) is 0 Å². The fourth-order valence-electron chi connectivity index (χ4n) is 4.07. The van der Waals surface area contributed by atoms with Crippen LogP contribution < -0.4 is 0 Å². The molecule has 0 rings (SSSR count). The molecule has 0 spiro atoms. The van der Waals surface area contributed by atoms with Gasteiger partial charge >= 0.3 is 5.97 Å². The Morgan fingerprint density at radius 1 is 0.903 bits per heavy atom. The molecular formula is C25H50O6. The number of carbonyl (C=O) groups excluding carboxylic acids is 1. The number of ether oxygens (including phenoxy) is 4. The molecule has 0 saturated heterocycles. The van der Waals surface area contributed by atoms with Crippen LogP contribution in [0.2, 0.25) is 0 Å². The van der Waals surface area contributed by atoms with E-state index in [2.05, 4.69) is 20.8 Å².